The molecule has 0 radical (unpaired) electrons. The summed E-state index contributed by atoms with van der Waals surface area (Å²) in [5.74, 6) is 0. The molecule has 2 N–H and O–H groups in total. The van der Waals surface area contributed by atoms with Crippen LogP contribution in [0.2, 0.25) is 0 Å². The Kier molecular flexibility index (Phi) is 3.26. The van der Waals surface area contributed by atoms with E-state index in [2.05, 4.69) is 20.9 Å². The van der Waals surface area contributed by atoms with Crippen LogP contribution in [0.4, 0.5) is 0 Å². The van der Waals surface area contributed by atoms with Gasteiger partial charge in [0, 0.05) is 23.4 Å². The molecule has 0 saturated carbocycles. The number of rotatable bonds is 2. The van der Waals surface area contributed by atoms with Gasteiger partial charge in [0.25, 0.3) is 0 Å². The van der Waals surface area contributed by atoms with E-state index in [9.17, 15) is 0 Å². The Hall–Kier alpha value is -0.670. The second-order valence-electron chi connectivity index (χ2n) is 2.07. The van der Waals surface area contributed by atoms with Crippen LogP contribution in [0.1, 0.15) is 5.56 Å². The van der Waals surface area contributed by atoms with Crippen LogP contribution in [0.25, 0.3) is 6.08 Å². The molecule has 0 aliphatic heterocycles. The average molecular weight is 213 g/mol. The molecular formula is C8H9BrN2. The highest BCUT2D eigenvalue weighted by Crippen LogP contribution is 2.10. The highest BCUT2D eigenvalue weighted by Gasteiger charge is 1.87. The molecule has 0 saturated heterocycles. The summed E-state index contributed by atoms with van der Waals surface area (Å²) in [6.45, 7) is 0.562. The molecule has 0 aliphatic rings. The van der Waals surface area contributed by atoms with Crippen molar-refractivity contribution in [2.75, 3.05) is 6.54 Å². The van der Waals surface area contributed by atoms with E-state index < -0.39 is 0 Å². The van der Waals surface area contributed by atoms with Crippen molar-refractivity contribution in [3.63, 3.8) is 0 Å². The van der Waals surface area contributed by atoms with E-state index in [4.69, 9.17) is 5.73 Å². The molecule has 11 heavy (non-hydrogen) atoms. The SMILES string of the molecule is NC/C=C/c1cncc(Br)c1. The van der Waals surface area contributed by atoms with Crippen LogP contribution >= 0.6 is 15.9 Å². The van der Waals surface area contributed by atoms with Crippen molar-refractivity contribution in [3.05, 3.63) is 34.6 Å². The van der Waals surface area contributed by atoms with Crippen molar-refractivity contribution in [2.24, 2.45) is 5.73 Å². The minimum absolute atomic E-state index is 0.562. The first-order chi connectivity index (χ1) is 5.33. The molecular weight excluding hydrogens is 204 g/mol. The maximum Gasteiger partial charge on any atom is 0.0410 e. The lowest BCUT2D eigenvalue weighted by Gasteiger charge is -1.91. The topological polar surface area (TPSA) is 38.9 Å². The largest absolute Gasteiger partial charge is 0.327 e. The minimum Gasteiger partial charge on any atom is -0.327 e. The van der Waals surface area contributed by atoms with Gasteiger partial charge in [0.2, 0.25) is 0 Å². The molecule has 3 heteroatoms. The molecule has 0 fully saturated rings. The fraction of sp³-hybridized carbons (Fsp3) is 0.125. The van der Waals surface area contributed by atoms with E-state index in [1.54, 1.807) is 12.4 Å². The summed E-state index contributed by atoms with van der Waals surface area (Å²) in [6, 6.07) is 1.99. The van der Waals surface area contributed by atoms with Gasteiger partial charge in [0.05, 0.1) is 0 Å². The zero-order valence-electron chi connectivity index (χ0n) is 6.00. The highest BCUT2D eigenvalue weighted by atomic mass is 79.9. The van der Waals surface area contributed by atoms with Crippen LogP contribution in [-0.2, 0) is 0 Å². The van der Waals surface area contributed by atoms with Gasteiger partial charge in [0.15, 0.2) is 0 Å². The molecule has 0 amide bonds. The van der Waals surface area contributed by atoms with Gasteiger partial charge in [-0.2, -0.15) is 0 Å². The van der Waals surface area contributed by atoms with Crippen molar-refractivity contribution >= 4 is 22.0 Å². The number of hydrogen-bond donors (Lipinski definition) is 1. The van der Waals surface area contributed by atoms with Crippen molar-refractivity contribution < 1.29 is 0 Å². The second kappa shape index (κ2) is 4.26. The Bertz CT molecular complexity index is 258. The molecule has 2 nitrogen and oxygen atoms in total. The molecule has 0 aromatic carbocycles. The Morgan fingerprint density at radius 1 is 1.55 bits per heavy atom. The quantitative estimate of drug-likeness (QED) is 0.813. The van der Waals surface area contributed by atoms with E-state index in [1.165, 1.54) is 0 Å². The lowest BCUT2D eigenvalue weighted by Crippen LogP contribution is -1.91. The predicted octanol–water partition coefficient (Wildman–Crippen LogP) is 1.82. The molecule has 0 spiro atoms. The third-order valence-corrected chi connectivity index (χ3v) is 1.61. The average Bonchev–Trinajstić information content (AvgIpc) is 2.01. The van der Waals surface area contributed by atoms with Gasteiger partial charge in [-0.3, -0.25) is 4.98 Å². The Balaban J connectivity index is 2.79. The summed E-state index contributed by atoms with van der Waals surface area (Å²) >= 11 is 3.33. The Morgan fingerprint density at radius 2 is 2.36 bits per heavy atom. The highest BCUT2D eigenvalue weighted by molar-refractivity contribution is 9.10. The second-order valence-corrected chi connectivity index (χ2v) is 2.99. The molecule has 0 bridgehead atoms. The van der Waals surface area contributed by atoms with Crippen LogP contribution < -0.4 is 5.73 Å². The maximum atomic E-state index is 5.30. The standard InChI is InChI=1S/C8H9BrN2/c9-8-4-7(2-1-3-10)5-11-6-8/h1-2,4-6H,3,10H2/b2-1+. The van der Waals surface area contributed by atoms with Crippen LogP contribution in [0.15, 0.2) is 29.0 Å². The lowest BCUT2D eigenvalue weighted by atomic mass is 10.2. The predicted molar refractivity (Wildman–Crippen MR) is 50.0 cm³/mol. The third kappa shape index (κ3) is 2.82. The lowest BCUT2D eigenvalue weighted by molar-refractivity contribution is 1.26. The fourth-order valence-corrected chi connectivity index (χ4v) is 1.11. The number of pyridine rings is 1. The Morgan fingerprint density at radius 3 is 3.00 bits per heavy atom. The van der Waals surface area contributed by atoms with E-state index >= 15 is 0 Å². The van der Waals surface area contributed by atoms with E-state index in [-0.39, 0.29) is 0 Å². The normalized spacial score (nSPS) is 10.7. The van der Waals surface area contributed by atoms with Crippen molar-refractivity contribution in [2.45, 2.75) is 0 Å². The number of halogens is 1. The molecule has 0 aliphatic carbocycles. The van der Waals surface area contributed by atoms with Gasteiger partial charge in [0.1, 0.15) is 0 Å². The van der Waals surface area contributed by atoms with Crippen molar-refractivity contribution in [1.82, 2.24) is 4.98 Å². The maximum absolute atomic E-state index is 5.30. The van der Waals surface area contributed by atoms with Gasteiger partial charge in [-0.05, 0) is 27.6 Å². The Labute approximate surface area is 74.3 Å². The summed E-state index contributed by atoms with van der Waals surface area (Å²) in [6.07, 6.45) is 7.37. The molecule has 0 atom stereocenters. The summed E-state index contributed by atoms with van der Waals surface area (Å²) in [4.78, 5) is 4.00. The summed E-state index contributed by atoms with van der Waals surface area (Å²) < 4.78 is 0.983. The zero-order valence-corrected chi connectivity index (χ0v) is 7.58. The monoisotopic (exact) mass is 212 g/mol. The molecule has 0 unspecified atom stereocenters. The van der Waals surface area contributed by atoms with Crippen LogP contribution in [0, 0.1) is 0 Å². The van der Waals surface area contributed by atoms with Gasteiger partial charge in [-0.25, -0.2) is 0 Å². The van der Waals surface area contributed by atoms with E-state index in [1.807, 2.05) is 18.2 Å². The van der Waals surface area contributed by atoms with Gasteiger partial charge in [-0.1, -0.05) is 12.2 Å². The third-order valence-electron chi connectivity index (χ3n) is 1.17. The molecule has 1 rings (SSSR count). The molecule has 1 heterocycles. The van der Waals surface area contributed by atoms with Crippen LogP contribution in [0.5, 0.6) is 0 Å². The van der Waals surface area contributed by atoms with E-state index in [0.29, 0.717) is 6.54 Å². The molecule has 1 aromatic heterocycles. The zero-order chi connectivity index (χ0) is 8.10. The van der Waals surface area contributed by atoms with Crippen molar-refractivity contribution in [1.29, 1.82) is 0 Å². The minimum atomic E-state index is 0.562. The van der Waals surface area contributed by atoms with Gasteiger partial charge >= 0.3 is 0 Å². The first kappa shape index (κ1) is 8.43. The number of nitrogens with zero attached hydrogens (tertiary/aromatic N) is 1. The number of hydrogen-bond acceptors (Lipinski definition) is 2. The summed E-state index contributed by atoms with van der Waals surface area (Å²) in [5, 5.41) is 0. The first-order valence-electron chi connectivity index (χ1n) is 3.30. The summed E-state index contributed by atoms with van der Waals surface area (Å²) in [5.41, 5.74) is 6.36. The first-order valence-corrected chi connectivity index (χ1v) is 4.09. The summed E-state index contributed by atoms with van der Waals surface area (Å²) in [7, 11) is 0. The van der Waals surface area contributed by atoms with Crippen LogP contribution in [0.3, 0.4) is 0 Å². The van der Waals surface area contributed by atoms with Crippen molar-refractivity contribution in [3.8, 4) is 0 Å². The van der Waals surface area contributed by atoms with Gasteiger partial charge in [-0.15, -0.1) is 0 Å². The number of nitrogens with two attached hydrogens (primary N) is 1. The number of aromatic nitrogens is 1. The smallest absolute Gasteiger partial charge is 0.0410 e. The molecule has 58 valence electrons. The fourth-order valence-electron chi connectivity index (χ4n) is 0.724. The van der Waals surface area contributed by atoms with E-state index in [0.717, 1.165) is 10.0 Å². The molecule has 1 aromatic rings. The van der Waals surface area contributed by atoms with Gasteiger partial charge < -0.3 is 5.73 Å². The van der Waals surface area contributed by atoms with Crippen LogP contribution in [-0.4, -0.2) is 11.5 Å².